The topological polar surface area (TPSA) is 79.3 Å². The van der Waals surface area contributed by atoms with Crippen LogP contribution >= 0.6 is 11.3 Å². The van der Waals surface area contributed by atoms with E-state index in [1.807, 2.05) is 0 Å². The van der Waals surface area contributed by atoms with E-state index in [2.05, 4.69) is 21.5 Å². The van der Waals surface area contributed by atoms with Gasteiger partial charge in [0.2, 0.25) is 0 Å². The van der Waals surface area contributed by atoms with Gasteiger partial charge < -0.3 is 5.11 Å². The lowest BCUT2D eigenvalue weighted by molar-refractivity contribution is 0.305. The molecule has 0 aliphatic heterocycles. The molecule has 0 amide bonds. The van der Waals surface area contributed by atoms with Crippen LogP contribution in [0.1, 0.15) is 17.7 Å². The van der Waals surface area contributed by atoms with Crippen LogP contribution in [0.4, 0.5) is 5.13 Å². The molecular weight excluding hydrogens is 308 g/mol. The highest BCUT2D eigenvalue weighted by Gasteiger charge is 2.15. The number of hydrogen-bond acceptors (Lipinski definition) is 5. The molecule has 0 aliphatic carbocycles. The van der Waals surface area contributed by atoms with E-state index in [1.165, 1.54) is 23.5 Å². The molecule has 2 aromatic rings. The van der Waals surface area contributed by atoms with Crippen LogP contribution in [-0.2, 0) is 10.0 Å². The Balaban J connectivity index is 2.24. The van der Waals surface area contributed by atoms with Crippen molar-refractivity contribution in [3.8, 4) is 11.8 Å². The van der Waals surface area contributed by atoms with E-state index in [1.54, 1.807) is 24.4 Å². The van der Waals surface area contributed by atoms with Gasteiger partial charge in [0.25, 0.3) is 10.0 Å². The van der Waals surface area contributed by atoms with Gasteiger partial charge >= 0.3 is 0 Å². The van der Waals surface area contributed by atoms with Gasteiger partial charge in [0.1, 0.15) is 0 Å². The van der Waals surface area contributed by atoms with E-state index in [4.69, 9.17) is 5.11 Å². The number of benzene rings is 1. The fraction of sp³-hybridized carbons (Fsp3) is 0.214. The molecule has 0 fully saturated rings. The maximum Gasteiger partial charge on any atom is 0.263 e. The summed E-state index contributed by atoms with van der Waals surface area (Å²) in [7, 11) is -3.67. The average Bonchev–Trinajstić information content (AvgIpc) is 2.84. The van der Waals surface area contributed by atoms with Gasteiger partial charge in [0.15, 0.2) is 5.13 Å². The first-order valence-corrected chi connectivity index (χ1v) is 8.52. The minimum atomic E-state index is -3.67. The molecule has 21 heavy (non-hydrogen) atoms. The number of hydrogen-bond donors (Lipinski definition) is 2. The zero-order chi connectivity index (χ0) is 15.3. The summed E-state index contributed by atoms with van der Waals surface area (Å²) >= 11 is 1.23. The summed E-state index contributed by atoms with van der Waals surface area (Å²) in [6, 6.07) is 6.34. The number of aliphatic hydroxyl groups is 1. The Morgan fingerprint density at radius 2 is 2.24 bits per heavy atom. The van der Waals surface area contributed by atoms with E-state index in [9.17, 15) is 8.42 Å². The van der Waals surface area contributed by atoms with Crippen molar-refractivity contribution in [2.24, 2.45) is 0 Å². The predicted molar refractivity (Wildman–Crippen MR) is 82.7 cm³/mol. The summed E-state index contributed by atoms with van der Waals surface area (Å²) in [5.41, 5.74) is 1.35. The Hall–Kier alpha value is -1.88. The van der Waals surface area contributed by atoms with Crippen LogP contribution in [-0.4, -0.2) is 25.1 Å². The summed E-state index contributed by atoms with van der Waals surface area (Å²) in [5.74, 6) is 5.57. The maximum atomic E-state index is 12.3. The lowest BCUT2D eigenvalue weighted by atomic mass is 10.2. The third-order valence-electron chi connectivity index (χ3n) is 2.45. The van der Waals surface area contributed by atoms with Gasteiger partial charge in [-0.2, -0.15) is 0 Å². The molecule has 0 bridgehead atoms. The minimum absolute atomic E-state index is 0.0179. The SMILES string of the molecule is Cc1csc(NS(=O)(=O)c2cccc(C#CCCO)c2)n1. The Bertz CT molecular complexity index is 786. The Kier molecular flexibility index (Phi) is 4.96. The lowest BCUT2D eigenvalue weighted by Gasteiger charge is -2.05. The lowest BCUT2D eigenvalue weighted by Crippen LogP contribution is -2.12. The largest absolute Gasteiger partial charge is 0.395 e. The molecule has 5 nitrogen and oxygen atoms in total. The summed E-state index contributed by atoms with van der Waals surface area (Å²) in [4.78, 5) is 4.21. The normalized spacial score (nSPS) is 10.8. The first-order valence-electron chi connectivity index (χ1n) is 6.16. The summed E-state index contributed by atoms with van der Waals surface area (Å²) in [5, 5.41) is 10.8. The van der Waals surface area contributed by atoms with Crippen LogP contribution in [0.3, 0.4) is 0 Å². The highest BCUT2D eigenvalue weighted by atomic mass is 32.2. The van der Waals surface area contributed by atoms with Crippen LogP contribution in [0.15, 0.2) is 34.5 Å². The fourth-order valence-electron chi connectivity index (χ4n) is 1.54. The van der Waals surface area contributed by atoms with Crippen LogP contribution < -0.4 is 4.72 Å². The summed E-state index contributed by atoms with van der Waals surface area (Å²) in [6.07, 6.45) is 0.355. The first-order chi connectivity index (χ1) is 10.0. The van der Waals surface area contributed by atoms with Crippen LogP contribution in [0.5, 0.6) is 0 Å². The van der Waals surface area contributed by atoms with Crippen molar-refractivity contribution in [2.75, 3.05) is 11.3 Å². The number of anilines is 1. The molecule has 0 radical (unpaired) electrons. The molecule has 110 valence electrons. The summed E-state index contributed by atoms with van der Waals surface area (Å²) < 4.78 is 27.0. The zero-order valence-electron chi connectivity index (χ0n) is 11.3. The van der Waals surface area contributed by atoms with Crippen molar-refractivity contribution in [2.45, 2.75) is 18.2 Å². The smallest absolute Gasteiger partial charge is 0.263 e. The van der Waals surface area contributed by atoms with Crippen molar-refractivity contribution in [3.05, 3.63) is 40.9 Å². The van der Waals surface area contributed by atoms with E-state index in [0.717, 1.165) is 5.69 Å². The number of nitrogens with one attached hydrogen (secondary N) is 1. The monoisotopic (exact) mass is 322 g/mol. The van der Waals surface area contributed by atoms with Gasteiger partial charge in [-0.1, -0.05) is 17.9 Å². The van der Waals surface area contributed by atoms with Crippen LogP contribution in [0.25, 0.3) is 0 Å². The Morgan fingerprint density at radius 1 is 1.43 bits per heavy atom. The zero-order valence-corrected chi connectivity index (χ0v) is 13.0. The standard InChI is InChI=1S/C14H14N2O3S2/c1-11-10-20-14(15-11)16-21(18,19)13-7-4-6-12(9-13)5-2-3-8-17/h4,6-7,9-10,17H,3,8H2,1H3,(H,15,16). The molecule has 0 unspecified atom stereocenters. The molecule has 7 heteroatoms. The molecule has 0 aliphatic rings. The van der Waals surface area contributed by atoms with Gasteiger partial charge in [0.05, 0.1) is 17.2 Å². The van der Waals surface area contributed by atoms with E-state index < -0.39 is 10.0 Å². The van der Waals surface area contributed by atoms with Crippen molar-refractivity contribution in [1.82, 2.24) is 4.98 Å². The van der Waals surface area contributed by atoms with Gasteiger partial charge in [-0.3, -0.25) is 4.72 Å². The predicted octanol–water partition coefficient (Wildman–Crippen LogP) is 1.99. The number of thiazole rings is 1. The number of aryl methyl sites for hydroxylation is 1. The van der Waals surface area contributed by atoms with Gasteiger partial charge in [0, 0.05) is 17.4 Å². The van der Waals surface area contributed by atoms with E-state index >= 15 is 0 Å². The molecule has 0 saturated carbocycles. The molecule has 0 spiro atoms. The number of sulfonamides is 1. The quantitative estimate of drug-likeness (QED) is 0.844. The number of aliphatic hydroxyl groups excluding tert-OH is 1. The third-order valence-corrected chi connectivity index (χ3v) is 4.80. The highest BCUT2D eigenvalue weighted by molar-refractivity contribution is 7.93. The molecule has 1 aromatic carbocycles. The molecular formula is C14H14N2O3S2. The van der Waals surface area contributed by atoms with Crippen LogP contribution in [0, 0.1) is 18.8 Å². The van der Waals surface area contributed by atoms with Crippen molar-refractivity contribution in [1.29, 1.82) is 0 Å². The second-order valence-electron chi connectivity index (χ2n) is 4.20. The molecule has 2 rings (SSSR count). The molecule has 1 aromatic heterocycles. The molecule has 0 saturated heterocycles. The molecule has 2 N–H and O–H groups in total. The van der Waals surface area contributed by atoms with Crippen molar-refractivity contribution < 1.29 is 13.5 Å². The Labute approximate surface area is 127 Å². The highest BCUT2D eigenvalue weighted by Crippen LogP contribution is 2.20. The van der Waals surface area contributed by atoms with E-state index in [0.29, 0.717) is 17.1 Å². The third kappa shape index (κ3) is 4.29. The second-order valence-corrected chi connectivity index (χ2v) is 6.74. The van der Waals surface area contributed by atoms with E-state index in [-0.39, 0.29) is 11.5 Å². The van der Waals surface area contributed by atoms with Crippen molar-refractivity contribution >= 4 is 26.5 Å². The van der Waals surface area contributed by atoms with Crippen LogP contribution in [0.2, 0.25) is 0 Å². The number of rotatable bonds is 4. The van der Waals surface area contributed by atoms with Crippen molar-refractivity contribution in [3.63, 3.8) is 0 Å². The maximum absolute atomic E-state index is 12.3. The second kappa shape index (κ2) is 6.72. The van der Waals surface area contributed by atoms with Gasteiger partial charge in [-0.25, -0.2) is 13.4 Å². The van der Waals surface area contributed by atoms with Gasteiger partial charge in [-0.05, 0) is 25.1 Å². The number of aromatic nitrogens is 1. The molecule has 1 heterocycles. The first kappa shape index (κ1) is 15.5. The fourth-order valence-corrected chi connectivity index (χ4v) is 3.52. The Morgan fingerprint density at radius 3 is 2.90 bits per heavy atom. The number of nitrogens with zero attached hydrogens (tertiary/aromatic N) is 1. The summed E-state index contributed by atoms with van der Waals surface area (Å²) in [6.45, 7) is 1.78. The minimum Gasteiger partial charge on any atom is -0.395 e. The average molecular weight is 322 g/mol. The molecule has 0 atom stereocenters. The van der Waals surface area contributed by atoms with Gasteiger partial charge in [-0.15, -0.1) is 11.3 Å².